The van der Waals surface area contributed by atoms with Gasteiger partial charge in [0.2, 0.25) is 5.91 Å². The zero-order valence-electron chi connectivity index (χ0n) is 14.3. The van der Waals surface area contributed by atoms with Crippen LogP contribution in [-0.4, -0.2) is 34.5 Å². The van der Waals surface area contributed by atoms with E-state index in [1.54, 1.807) is 0 Å². The van der Waals surface area contributed by atoms with E-state index in [-0.39, 0.29) is 23.8 Å². The van der Waals surface area contributed by atoms with E-state index < -0.39 is 6.04 Å². The van der Waals surface area contributed by atoms with E-state index in [1.165, 1.54) is 40.9 Å². The fourth-order valence-electron chi connectivity index (χ4n) is 2.72. The molecule has 2 atom stereocenters. The van der Waals surface area contributed by atoms with Gasteiger partial charge in [-0.3, -0.25) is 4.79 Å². The summed E-state index contributed by atoms with van der Waals surface area (Å²) in [6.07, 6.45) is 0. The number of carbonyl (C=O) groups excluding carboxylic acids is 2. The quantitative estimate of drug-likeness (QED) is 0.861. The minimum atomic E-state index is -0.536. The van der Waals surface area contributed by atoms with E-state index >= 15 is 0 Å². The topological polar surface area (TPSA) is 61.4 Å². The summed E-state index contributed by atoms with van der Waals surface area (Å²) in [6, 6.07) is 14.2. The van der Waals surface area contributed by atoms with E-state index in [2.05, 4.69) is 10.6 Å². The Balaban J connectivity index is 1.62. The summed E-state index contributed by atoms with van der Waals surface area (Å²) in [5.74, 6) is 0.433. The van der Waals surface area contributed by atoms with Crippen molar-refractivity contribution >= 4 is 29.4 Å². The Kier molecular flexibility index (Phi) is 5.78. The van der Waals surface area contributed by atoms with Crippen molar-refractivity contribution in [1.82, 2.24) is 10.2 Å². The average molecular weight is 373 g/mol. The molecule has 1 saturated heterocycles. The summed E-state index contributed by atoms with van der Waals surface area (Å²) in [4.78, 5) is 26.6. The largest absolute Gasteiger partial charge is 0.348 e. The molecular formula is C19H20FN3O2S. The molecule has 136 valence electrons. The van der Waals surface area contributed by atoms with Crippen molar-refractivity contribution in [3.05, 3.63) is 66.0 Å². The minimum Gasteiger partial charge on any atom is -0.348 e. The Bertz CT molecular complexity index is 770. The van der Waals surface area contributed by atoms with Gasteiger partial charge in [0.15, 0.2) is 0 Å². The summed E-state index contributed by atoms with van der Waals surface area (Å²) in [5.41, 5.74) is 1.50. The third-order valence-electron chi connectivity index (χ3n) is 4.20. The van der Waals surface area contributed by atoms with Crippen molar-refractivity contribution in [2.24, 2.45) is 0 Å². The lowest BCUT2D eigenvalue weighted by Gasteiger charge is -2.25. The second-order valence-electron chi connectivity index (χ2n) is 6.06. The molecule has 1 fully saturated rings. The lowest BCUT2D eigenvalue weighted by Crippen LogP contribution is -2.49. The zero-order valence-corrected chi connectivity index (χ0v) is 15.1. The molecule has 0 saturated carbocycles. The van der Waals surface area contributed by atoms with Crippen molar-refractivity contribution in [1.29, 1.82) is 0 Å². The van der Waals surface area contributed by atoms with Crippen molar-refractivity contribution in [2.45, 2.75) is 19.0 Å². The molecule has 0 spiro atoms. The molecule has 2 unspecified atom stereocenters. The summed E-state index contributed by atoms with van der Waals surface area (Å²) in [7, 11) is 0. The van der Waals surface area contributed by atoms with Gasteiger partial charge in [0.1, 0.15) is 11.9 Å². The maximum absolute atomic E-state index is 13.0. The van der Waals surface area contributed by atoms with Crippen LogP contribution >= 0.6 is 11.8 Å². The van der Waals surface area contributed by atoms with Crippen LogP contribution in [0.25, 0.3) is 0 Å². The van der Waals surface area contributed by atoms with E-state index in [0.717, 1.165) is 5.56 Å². The Hall–Kier alpha value is -2.54. The summed E-state index contributed by atoms with van der Waals surface area (Å²) >= 11 is 1.53. The molecule has 0 aromatic heterocycles. The highest BCUT2D eigenvalue weighted by Crippen LogP contribution is 2.23. The second kappa shape index (κ2) is 8.23. The number of benzene rings is 2. The van der Waals surface area contributed by atoms with Crippen LogP contribution in [0.2, 0.25) is 0 Å². The van der Waals surface area contributed by atoms with Crippen LogP contribution in [0.4, 0.5) is 14.9 Å². The smallest absolute Gasteiger partial charge is 0.323 e. The third-order valence-corrected chi connectivity index (χ3v) is 5.21. The zero-order chi connectivity index (χ0) is 18.5. The summed E-state index contributed by atoms with van der Waals surface area (Å²) in [6.45, 7) is 1.91. The van der Waals surface area contributed by atoms with Gasteiger partial charge in [-0.05, 0) is 36.8 Å². The number of rotatable bonds is 4. The predicted molar refractivity (Wildman–Crippen MR) is 101 cm³/mol. The van der Waals surface area contributed by atoms with E-state index in [1.807, 2.05) is 37.3 Å². The van der Waals surface area contributed by atoms with Crippen molar-refractivity contribution in [2.75, 3.05) is 16.9 Å². The van der Waals surface area contributed by atoms with Crippen LogP contribution in [0.15, 0.2) is 54.6 Å². The molecule has 0 aliphatic carbocycles. The normalized spacial score (nSPS) is 17.6. The highest BCUT2D eigenvalue weighted by molar-refractivity contribution is 7.99. The standard InChI is InChI=1S/C19H20FN3O2S/c1-13(14-5-3-2-4-6-14)21-18(24)17-11-26-12-23(17)19(25)22-16-9-7-15(20)8-10-16/h2-10,13,17H,11-12H2,1H3,(H,21,24)(H,22,25). The van der Waals surface area contributed by atoms with Crippen molar-refractivity contribution in [3.63, 3.8) is 0 Å². The van der Waals surface area contributed by atoms with Crippen LogP contribution in [-0.2, 0) is 4.79 Å². The van der Waals surface area contributed by atoms with E-state index in [0.29, 0.717) is 17.3 Å². The van der Waals surface area contributed by atoms with Gasteiger partial charge in [-0.2, -0.15) is 0 Å². The molecule has 2 aromatic carbocycles. The highest BCUT2D eigenvalue weighted by atomic mass is 32.2. The molecule has 2 N–H and O–H groups in total. The Labute approximate surface area is 156 Å². The van der Waals surface area contributed by atoms with Gasteiger partial charge >= 0.3 is 6.03 Å². The van der Waals surface area contributed by atoms with Crippen molar-refractivity contribution < 1.29 is 14.0 Å². The van der Waals surface area contributed by atoms with Gasteiger partial charge in [-0.25, -0.2) is 9.18 Å². The van der Waals surface area contributed by atoms with Gasteiger partial charge in [0, 0.05) is 11.4 Å². The van der Waals surface area contributed by atoms with Gasteiger partial charge in [-0.15, -0.1) is 11.8 Å². The molecule has 3 amide bonds. The maximum Gasteiger partial charge on any atom is 0.323 e. The second-order valence-corrected chi connectivity index (χ2v) is 7.06. The SMILES string of the molecule is CC(NC(=O)C1CSCN1C(=O)Nc1ccc(F)cc1)c1ccccc1. The van der Waals surface area contributed by atoms with Crippen LogP contribution < -0.4 is 10.6 Å². The maximum atomic E-state index is 13.0. The van der Waals surface area contributed by atoms with Gasteiger partial charge in [-0.1, -0.05) is 30.3 Å². The molecule has 7 heteroatoms. The predicted octanol–water partition coefficient (Wildman–Crippen LogP) is 3.61. The number of hydrogen-bond acceptors (Lipinski definition) is 3. The Morgan fingerprint density at radius 3 is 2.54 bits per heavy atom. The summed E-state index contributed by atoms with van der Waals surface area (Å²) in [5, 5.41) is 5.68. The molecule has 3 rings (SSSR count). The lowest BCUT2D eigenvalue weighted by atomic mass is 10.1. The lowest BCUT2D eigenvalue weighted by molar-refractivity contribution is -0.124. The third kappa shape index (κ3) is 4.35. The fraction of sp³-hybridized carbons (Fsp3) is 0.263. The molecule has 1 aliphatic rings. The Morgan fingerprint density at radius 1 is 1.15 bits per heavy atom. The molecule has 2 aromatic rings. The number of carbonyl (C=O) groups is 2. The van der Waals surface area contributed by atoms with Gasteiger partial charge < -0.3 is 15.5 Å². The van der Waals surface area contributed by atoms with Crippen molar-refractivity contribution in [3.8, 4) is 0 Å². The molecule has 26 heavy (non-hydrogen) atoms. The van der Waals surface area contributed by atoms with Crippen LogP contribution in [0.5, 0.6) is 0 Å². The van der Waals surface area contributed by atoms with Gasteiger partial charge in [0.05, 0.1) is 11.9 Å². The minimum absolute atomic E-state index is 0.142. The molecule has 1 aliphatic heterocycles. The molecule has 0 bridgehead atoms. The average Bonchev–Trinajstić information content (AvgIpc) is 3.14. The van der Waals surface area contributed by atoms with E-state index in [9.17, 15) is 14.0 Å². The van der Waals surface area contributed by atoms with Gasteiger partial charge in [0.25, 0.3) is 0 Å². The van der Waals surface area contributed by atoms with Crippen LogP contribution in [0.1, 0.15) is 18.5 Å². The Morgan fingerprint density at radius 2 is 1.85 bits per heavy atom. The first-order chi connectivity index (χ1) is 12.5. The first-order valence-corrected chi connectivity index (χ1v) is 9.46. The first-order valence-electron chi connectivity index (χ1n) is 8.31. The monoisotopic (exact) mass is 373 g/mol. The number of halogens is 1. The number of thioether (sulfide) groups is 1. The summed E-state index contributed by atoms with van der Waals surface area (Å²) < 4.78 is 13.0. The molecule has 0 radical (unpaired) electrons. The molecule has 1 heterocycles. The van der Waals surface area contributed by atoms with Crippen LogP contribution in [0, 0.1) is 5.82 Å². The number of nitrogens with one attached hydrogen (secondary N) is 2. The first kappa shape index (κ1) is 18.3. The number of nitrogens with zero attached hydrogens (tertiary/aromatic N) is 1. The fourth-order valence-corrected chi connectivity index (χ4v) is 3.88. The number of urea groups is 1. The molecular weight excluding hydrogens is 353 g/mol. The number of anilines is 1. The molecule has 5 nitrogen and oxygen atoms in total. The number of amides is 3. The van der Waals surface area contributed by atoms with Crippen LogP contribution in [0.3, 0.4) is 0 Å². The highest BCUT2D eigenvalue weighted by Gasteiger charge is 2.35. The number of hydrogen-bond donors (Lipinski definition) is 2. The van der Waals surface area contributed by atoms with E-state index in [4.69, 9.17) is 0 Å².